The second-order valence-electron chi connectivity index (χ2n) is 6.73. The fourth-order valence-electron chi connectivity index (χ4n) is 3.32. The number of carbonyl (C=O) groups excluding carboxylic acids is 2. The van der Waals surface area contributed by atoms with Crippen molar-refractivity contribution in [3.05, 3.63) is 26.8 Å². The molecule has 1 saturated heterocycles. The van der Waals surface area contributed by atoms with Gasteiger partial charge in [0.15, 0.2) is 10.1 Å². The minimum absolute atomic E-state index is 0.0476. The number of nitrogens with two attached hydrogens (primary N) is 1. The number of oxime groups is 1. The van der Waals surface area contributed by atoms with E-state index in [1.165, 1.54) is 30.7 Å². The van der Waals surface area contributed by atoms with Crippen molar-refractivity contribution in [2.75, 3.05) is 0 Å². The van der Waals surface area contributed by atoms with Gasteiger partial charge < -0.3 is 21.4 Å². The normalized spacial score (nSPS) is 22.2. The number of aliphatic imine (C=N–C) groups is 1. The van der Waals surface area contributed by atoms with E-state index in [-0.39, 0.29) is 22.3 Å². The predicted molar refractivity (Wildman–Crippen MR) is 117 cm³/mol. The number of carboxylic acid groups (broad SMARTS) is 1. The fraction of sp³-hybridized carbons (Fsp3) is 0.353. The standard InChI is InChI=1S/C17H18ClN7O5S2/c1-6(18)10(21-7(2)19)12(24-30)14(26)22-11-8-3-4-9(32-17-23-20-5-31-17)13(16(28)29)25(8)15(11)27/h5,8,11,30H,3-4H2,1-2H3,(H2,19,21)(H,22,26)(H,28,29)/b10-6+,24-12-. The molecular weight excluding hydrogens is 482 g/mol. The van der Waals surface area contributed by atoms with Crippen LogP contribution in [0.5, 0.6) is 0 Å². The lowest BCUT2D eigenvalue weighted by molar-refractivity contribution is -0.155. The van der Waals surface area contributed by atoms with E-state index in [9.17, 15) is 24.7 Å². The van der Waals surface area contributed by atoms with Crippen LogP contribution in [0, 0.1) is 0 Å². The lowest BCUT2D eigenvalue weighted by atomic mass is 9.86. The Bertz CT molecular complexity index is 1080. The van der Waals surface area contributed by atoms with Crippen molar-refractivity contribution in [1.82, 2.24) is 20.4 Å². The molecule has 12 nitrogen and oxygen atoms in total. The molecule has 32 heavy (non-hydrogen) atoms. The third-order valence-corrected chi connectivity index (χ3v) is 6.69. The molecule has 0 radical (unpaired) electrons. The quantitative estimate of drug-likeness (QED) is 0.140. The average Bonchev–Trinajstić information content (AvgIpc) is 3.24. The molecule has 0 aromatic carbocycles. The molecule has 1 aromatic heterocycles. The molecule has 2 aliphatic rings. The summed E-state index contributed by atoms with van der Waals surface area (Å²) in [5.41, 5.74) is 6.24. The van der Waals surface area contributed by atoms with Gasteiger partial charge in [0.25, 0.3) is 11.8 Å². The largest absolute Gasteiger partial charge is 0.477 e. The highest BCUT2D eigenvalue weighted by Crippen LogP contribution is 2.43. The van der Waals surface area contributed by atoms with Crippen molar-refractivity contribution >= 4 is 64.0 Å². The molecule has 1 aromatic rings. The number of thioether (sulfide) groups is 1. The average molecular weight is 500 g/mol. The van der Waals surface area contributed by atoms with Crippen LogP contribution in [0.3, 0.4) is 0 Å². The van der Waals surface area contributed by atoms with Crippen LogP contribution in [0.2, 0.25) is 0 Å². The number of hydrogen-bond donors (Lipinski definition) is 4. The molecule has 2 unspecified atom stereocenters. The van der Waals surface area contributed by atoms with Gasteiger partial charge in [-0.2, -0.15) is 0 Å². The Hall–Kier alpha value is -2.97. The maximum Gasteiger partial charge on any atom is 0.353 e. The van der Waals surface area contributed by atoms with E-state index in [0.29, 0.717) is 22.1 Å². The van der Waals surface area contributed by atoms with Crippen LogP contribution >= 0.6 is 34.7 Å². The molecular formula is C17H18ClN7O5S2. The third-order valence-electron chi connectivity index (χ3n) is 4.59. The highest BCUT2D eigenvalue weighted by atomic mass is 35.5. The first-order valence-corrected chi connectivity index (χ1v) is 11.2. The number of amides is 2. The van der Waals surface area contributed by atoms with Crippen LogP contribution in [0.1, 0.15) is 26.7 Å². The minimum Gasteiger partial charge on any atom is -0.477 e. The number of aliphatic carboxylic acids is 1. The maximum absolute atomic E-state index is 12.8. The van der Waals surface area contributed by atoms with Crippen molar-refractivity contribution in [1.29, 1.82) is 0 Å². The number of amidine groups is 1. The number of halogens is 1. The van der Waals surface area contributed by atoms with Crippen molar-refractivity contribution in [2.45, 2.75) is 43.1 Å². The summed E-state index contributed by atoms with van der Waals surface area (Å²) >= 11 is 8.35. The molecule has 0 bridgehead atoms. The van der Waals surface area contributed by atoms with Crippen LogP contribution in [-0.2, 0) is 14.4 Å². The van der Waals surface area contributed by atoms with E-state index >= 15 is 0 Å². The molecule has 3 heterocycles. The first kappa shape index (κ1) is 23.7. The second kappa shape index (κ2) is 9.67. The van der Waals surface area contributed by atoms with Gasteiger partial charge in [0.05, 0.1) is 11.9 Å². The number of carbonyl (C=O) groups is 3. The molecule has 0 aliphatic carbocycles. The summed E-state index contributed by atoms with van der Waals surface area (Å²) in [5, 5.41) is 32.1. The molecule has 15 heteroatoms. The molecule has 5 N–H and O–H groups in total. The highest BCUT2D eigenvalue weighted by Gasteiger charge is 2.54. The van der Waals surface area contributed by atoms with Crippen LogP contribution in [0.25, 0.3) is 0 Å². The van der Waals surface area contributed by atoms with Gasteiger partial charge in [-0.05, 0) is 26.7 Å². The van der Waals surface area contributed by atoms with Crippen LogP contribution in [0.4, 0.5) is 0 Å². The van der Waals surface area contributed by atoms with Gasteiger partial charge in [0, 0.05) is 9.94 Å². The monoisotopic (exact) mass is 499 g/mol. The summed E-state index contributed by atoms with van der Waals surface area (Å²) in [4.78, 5) is 42.9. The van der Waals surface area contributed by atoms with Gasteiger partial charge in [-0.15, -0.1) is 10.2 Å². The lowest BCUT2D eigenvalue weighted by Gasteiger charge is -2.49. The predicted octanol–water partition coefficient (Wildman–Crippen LogP) is 1.09. The van der Waals surface area contributed by atoms with Gasteiger partial charge in [-0.25, -0.2) is 9.79 Å². The van der Waals surface area contributed by atoms with E-state index in [0.717, 1.165) is 16.7 Å². The number of β-lactam (4-membered cyclic amide) rings is 1. The number of allylic oxidation sites excluding steroid dienone is 2. The van der Waals surface area contributed by atoms with E-state index < -0.39 is 35.6 Å². The second-order valence-corrected chi connectivity index (χ2v) is 9.48. The third kappa shape index (κ3) is 4.61. The zero-order valence-electron chi connectivity index (χ0n) is 16.8. The van der Waals surface area contributed by atoms with Crippen molar-refractivity contribution in [3.8, 4) is 0 Å². The van der Waals surface area contributed by atoms with Crippen molar-refractivity contribution in [3.63, 3.8) is 0 Å². The van der Waals surface area contributed by atoms with Crippen molar-refractivity contribution < 1.29 is 24.7 Å². The summed E-state index contributed by atoms with van der Waals surface area (Å²) in [7, 11) is 0. The zero-order valence-corrected chi connectivity index (χ0v) is 19.2. The highest BCUT2D eigenvalue weighted by molar-refractivity contribution is 8.04. The van der Waals surface area contributed by atoms with Gasteiger partial charge in [0.2, 0.25) is 0 Å². The number of fused-ring (bicyclic) bond motifs is 1. The molecule has 0 spiro atoms. The molecule has 170 valence electrons. The number of rotatable bonds is 7. The van der Waals surface area contributed by atoms with Gasteiger partial charge >= 0.3 is 5.97 Å². The smallest absolute Gasteiger partial charge is 0.353 e. The summed E-state index contributed by atoms with van der Waals surface area (Å²) in [6.45, 7) is 2.89. The van der Waals surface area contributed by atoms with Crippen LogP contribution < -0.4 is 11.1 Å². The molecule has 2 amide bonds. The number of nitrogens with one attached hydrogen (secondary N) is 1. The summed E-state index contributed by atoms with van der Waals surface area (Å²) in [6.07, 6.45) is 0.785. The van der Waals surface area contributed by atoms with E-state index in [1.54, 1.807) is 0 Å². The number of carboxylic acids is 1. The summed E-state index contributed by atoms with van der Waals surface area (Å²) < 4.78 is 0.560. The first-order valence-electron chi connectivity index (χ1n) is 9.09. The molecule has 2 atom stereocenters. The summed E-state index contributed by atoms with van der Waals surface area (Å²) in [6, 6.07) is -1.57. The van der Waals surface area contributed by atoms with Gasteiger partial charge in [0.1, 0.15) is 22.9 Å². The molecule has 1 fully saturated rings. The zero-order chi connectivity index (χ0) is 23.6. The van der Waals surface area contributed by atoms with Crippen molar-refractivity contribution in [2.24, 2.45) is 15.9 Å². The number of nitrogens with zero attached hydrogens (tertiary/aromatic N) is 5. The Balaban J connectivity index is 1.81. The Labute approximate surface area is 194 Å². The van der Waals surface area contributed by atoms with E-state index in [4.69, 9.17) is 17.3 Å². The Morgan fingerprint density at radius 3 is 2.69 bits per heavy atom. The molecule has 2 aliphatic heterocycles. The maximum atomic E-state index is 12.8. The lowest BCUT2D eigenvalue weighted by Crippen LogP contribution is -2.72. The van der Waals surface area contributed by atoms with E-state index in [2.05, 4.69) is 25.7 Å². The van der Waals surface area contributed by atoms with Gasteiger partial charge in [-0.1, -0.05) is 39.9 Å². The topological polar surface area (TPSA) is 183 Å². The molecule has 0 saturated carbocycles. The first-order chi connectivity index (χ1) is 15.1. The fourth-order valence-corrected chi connectivity index (χ4v) is 5.15. The molecule has 3 rings (SSSR count). The Kier molecular flexibility index (Phi) is 7.16. The summed E-state index contributed by atoms with van der Waals surface area (Å²) in [5.74, 6) is -2.68. The van der Waals surface area contributed by atoms with Crippen LogP contribution in [0.15, 0.2) is 41.3 Å². The van der Waals surface area contributed by atoms with Gasteiger partial charge in [-0.3, -0.25) is 14.5 Å². The number of aromatic nitrogens is 2. The van der Waals surface area contributed by atoms with E-state index in [1.807, 2.05) is 0 Å². The Morgan fingerprint density at radius 2 is 2.16 bits per heavy atom. The minimum atomic E-state index is -1.26. The SMILES string of the molecule is C\C(N)=N/C(C(=N/O)/C(=O)NC1C(=O)N2C(C(=O)O)=C(Sc3nncs3)CCC12)=C(\C)Cl. The van der Waals surface area contributed by atoms with Crippen LogP contribution in [-0.4, -0.2) is 66.8 Å². The number of hydrogen-bond acceptors (Lipinski definition) is 10. The Morgan fingerprint density at radius 1 is 1.44 bits per heavy atom.